The first-order chi connectivity index (χ1) is 11.5. The van der Waals surface area contributed by atoms with E-state index in [-0.39, 0.29) is 17.9 Å². The maximum atomic E-state index is 12.3. The molecular formula is C19H29N3O2. The molecule has 1 aliphatic rings. The van der Waals surface area contributed by atoms with Crippen LogP contribution in [0.1, 0.15) is 56.3 Å². The van der Waals surface area contributed by atoms with Crippen LogP contribution in [0.2, 0.25) is 0 Å². The number of anilines is 1. The Kier molecular flexibility index (Phi) is 6.79. The van der Waals surface area contributed by atoms with Crippen LogP contribution in [0.15, 0.2) is 24.3 Å². The van der Waals surface area contributed by atoms with Crippen LogP contribution in [-0.2, 0) is 4.79 Å². The van der Waals surface area contributed by atoms with Crippen LogP contribution in [0.5, 0.6) is 0 Å². The predicted octanol–water partition coefficient (Wildman–Crippen LogP) is 3.03. The van der Waals surface area contributed by atoms with Gasteiger partial charge < -0.3 is 10.6 Å². The maximum absolute atomic E-state index is 12.3. The largest absolute Gasteiger partial charge is 0.350 e. The van der Waals surface area contributed by atoms with Gasteiger partial charge in [-0.3, -0.25) is 14.5 Å². The van der Waals surface area contributed by atoms with Crippen molar-refractivity contribution in [2.75, 3.05) is 18.9 Å². The average molecular weight is 331 g/mol. The van der Waals surface area contributed by atoms with Crippen molar-refractivity contribution in [3.05, 3.63) is 29.8 Å². The fourth-order valence-corrected chi connectivity index (χ4v) is 3.16. The number of nitrogens with zero attached hydrogens (tertiary/aromatic N) is 1. The second-order valence-corrected chi connectivity index (χ2v) is 6.96. The van der Waals surface area contributed by atoms with Gasteiger partial charge in [-0.2, -0.15) is 0 Å². The molecule has 0 spiro atoms. The molecule has 0 atom stereocenters. The lowest BCUT2D eigenvalue weighted by Gasteiger charge is -2.30. The van der Waals surface area contributed by atoms with E-state index in [0.29, 0.717) is 23.8 Å². The first-order valence-corrected chi connectivity index (χ1v) is 8.86. The molecule has 24 heavy (non-hydrogen) atoms. The van der Waals surface area contributed by atoms with Gasteiger partial charge in [0.05, 0.1) is 6.54 Å². The van der Waals surface area contributed by atoms with Crippen LogP contribution in [0.25, 0.3) is 0 Å². The summed E-state index contributed by atoms with van der Waals surface area (Å²) in [5, 5.41) is 5.75. The molecule has 1 aromatic carbocycles. The lowest BCUT2D eigenvalue weighted by molar-refractivity contribution is -0.117. The Morgan fingerprint density at radius 3 is 2.58 bits per heavy atom. The molecule has 2 amide bonds. The lowest BCUT2D eigenvalue weighted by atomic mass is 9.94. The van der Waals surface area contributed by atoms with Crippen molar-refractivity contribution < 1.29 is 9.59 Å². The standard InChI is InChI=1S/C19H29N3O2/c1-14(2)20-19(24)15-8-7-9-16(12-15)21-18(23)13-22(3)17-10-5-4-6-11-17/h7-9,12,14,17H,4-6,10-11,13H2,1-3H3,(H,20,24)(H,21,23). The summed E-state index contributed by atoms with van der Waals surface area (Å²) in [5.41, 5.74) is 1.22. The molecule has 0 bridgehead atoms. The van der Waals surface area contributed by atoms with Gasteiger partial charge >= 0.3 is 0 Å². The Balaban J connectivity index is 1.90. The molecule has 1 saturated carbocycles. The Hall–Kier alpha value is -1.88. The number of carbonyl (C=O) groups excluding carboxylic acids is 2. The SMILES string of the molecule is CC(C)NC(=O)c1cccc(NC(=O)CN(C)C2CCCCC2)c1. The van der Waals surface area contributed by atoms with Gasteiger partial charge in [0.2, 0.25) is 5.91 Å². The number of rotatable bonds is 6. The molecule has 0 saturated heterocycles. The lowest BCUT2D eigenvalue weighted by Crippen LogP contribution is -2.39. The Morgan fingerprint density at radius 2 is 1.92 bits per heavy atom. The summed E-state index contributed by atoms with van der Waals surface area (Å²) < 4.78 is 0. The molecule has 5 heteroatoms. The van der Waals surface area contributed by atoms with E-state index in [2.05, 4.69) is 15.5 Å². The summed E-state index contributed by atoms with van der Waals surface area (Å²) in [6.45, 7) is 4.22. The molecule has 0 aliphatic heterocycles. The highest BCUT2D eigenvalue weighted by atomic mass is 16.2. The minimum absolute atomic E-state index is 0.0375. The van der Waals surface area contributed by atoms with Gasteiger partial charge in [0, 0.05) is 23.3 Å². The van der Waals surface area contributed by atoms with Crippen LogP contribution < -0.4 is 10.6 Å². The molecule has 132 valence electrons. The number of carbonyl (C=O) groups is 2. The summed E-state index contributed by atoms with van der Waals surface area (Å²) in [7, 11) is 2.02. The van der Waals surface area contributed by atoms with Crippen molar-refractivity contribution in [3.8, 4) is 0 Å². The van der Waals surface area contributed by atoms with Crippen LogP contribution in [0.4, 0.5) is 5.69 Å². The van der Waals surface area contributed by atoms with E-state index in [4.69, 9.17) is 0 Å². The van der Waals surface area contributed by atoms with Gasteiger partial charge in [-0.05, 0) is 51.9 Å². The third-order valence-electron chi connectivity index (χ3n) is 4.42. The smallest absolute Gasteiger partial charge is 0.251 e. The quantitative estimate of drug-likeness (QED) is 0.842. The van der Waals surface area contributed by atoms with Crippen molar-refractivity contribution in [2.24, 2.45) is 0 Å². The average Bonchev–Trinajstić information content (AvgIpc) is 2.55. The minimum atomic E-state index is -0.125. The summed E-state index contributed by atoms with van der Waals surface area (Å²) in [5.74, 6) is -0.162. The molecule has 2 N–H and O–H groups in total. The fourth-order valence-electron chi connectivity index (χ4n) is 3.16. The van der Waals surface area contributed by atoms with E-state index in [0.717, 1.165) is 0 Å². The van der Waals surface area contributed by atoms with E-state index in [9.17, 15) is 9.59 Å². The molecule has 0 radical (unpaired) electrons. The molecule has 5 nitrogen and oxygen atoms in total. The normalized spacial score (nSPS) is 15.5. The monoisotopic (exact) mass is 331 g/mol. The van der Waals surface area contributed by atoms with Crippen molar-refractivity contribution >= 4 is 17.5 Å². The Bertz CT molecular complexity index is 565. The van der Waals surface area contributed by atoms with Gasteiger partial charge in [0.25, 0.3) is 5.91 Å². The Morgan fingerprint density at radius 1 is 1.21 bits per heavy atom. The van der Waals surface area contributed by atoms with Crippen LogP contribution in [0, 0.1) is 0 Å². The van der Waals surface area contributed by atoms with Crippen LogP contribution in [0.3, 0.4) is 0 Å². The minimum Gasteiger partial charge on any atom is -0.350 e. The van der Waals surface area contributed by atoms with Gasteiger partial charge in [-0.1, -0.05) is 25.3 Å². The topological polar surface area (TPSA) is 61.4 Å². The molecule has 0 aromatic heterocycles. The summed E-state index contributed by atoms with van der Waals surface area (Å²) in [6.07, 6.45) is 6.16. The van der Waals surface area contributed by atoms with E-state index in [1.807, 2.05) is 27.0 Å². The Labute approximate surface area is 144 Å². The third-order valence-corrected chi connectivity index (χ3v) is 4.42. The second-order valence-electron chi connectivity index (χ2n) is 6.96. The van der Waals surface area contributed by atoms with E-state index >= 15 is 0 Å². The zero-order valence-corrected chi connectivity index (χ0v) is 15.0. The van der Waals surface area contributed by atoms with E-state index in [1.54, 1.807) is 18.2 Å². The highest BCUT2D eigenvalue weighted by molar-refractivity contribution is 5.97. The molecule has 1 aromatic rings. The van der Waals surface area contributed by atoms with E-state index in [1.165, 1.54) is 32.1 Å². The van der Waals surface area contributed by atoms with Crippen molar-refractivity contribution in [3.63, 3.8) is 0 Å². The maximum Gasteiger partial charge on any atom is 0.251 e. The molecule has 0 heterocycles. The highest BCUT2D eigenvalue weighted by Crippen LogP contribution is 2.21. The number of nitrogens with one attached hydrogen (secondary N) is 2. The summed E-state index contributed by atoms with van der Waals surface area (Å²) in [6, 6.07) is 7.66. The van der Waals surface area contributed by atoms with Crippen LogP contribution in [-0.4, -0.2) is 42.4 Å². The predicted molar refractivity (Wildman–Crippen MR) is 97.2 cm³/mol. The molecule has 1 fully saturated rings. The molecule has 1 aliphatic carbocycles. The number of benzene rings is 1. The van der Waals surface area contributed by atoms with Gasteiger partial charge in [-0.25, -0.2) is 0 Å². The first-order valence-electron chi connectivity index (χ1n) is 8.86. The first kappa shape index (κ1) is 18.5. The summed E-state index contributed by atoms with van der Waals surface area (Å²) in [4.78, 5) is 26.5. The van der Waals surface area contributed by atoms with Crippen molar-refractivity contribution in [1.29, 1.82) is 0 Å². The zero-order valence-electron chi connectivity index (χ0n) is 15.0. The van der Waals surface area contributed by atoms with Gasteiger partial charge in [0.1, 0.15) is 0 Å². The molecule has 0 unspecified atom stereocenters. The van der Waals surface area contributed by atoms with E-state index < -0.39 is 0 Å². The zero-order chi connectivity index (χ0) is 17.5. The van der Waals surface area contributed by atoms with Gasteiger partial charge in [-0.15, -0.1) is 0 Å². The summed E-state index contributed by atoms with van der Waals surface area (Å²) >= 11 is 0. The third kappa shape index (κ3) is 5.64. The number of hydrogen-bond acceptors (Lipinski definition) is 3. The van der Waals surface area contributed by atoms with Crippen molar-refractivity contribution in [1.82, 2.24) is 10.2 Å². The number of hydrogen-bond donors (Lipinski definition) is 2. The second kappa shape index (κ2) is 8.83. The van der Waals surface area contributed by atoms with Crippen LogP contribution >= 0.6 is 0 Å². The molecular weight excluding hydrogens is 302 g/mol. The fraction of sp³-hybridized carbons (Fsp3) is 0.579. The number of amides is 2. The van der Waals surface area contributed by atoms with Gasteiger partial charge in [0.15, 0.2) is 0 Å². The number of likely N-dealkylation sites (N-methyl/N-ethyl adjacent to an activating group) is 1. The van der Waals surface area contributed by atoms with Crippen molar-refractivity contribution in [2.45, 2.75) is 58.0 Å². The molecule has 2 rings (SSSR count). The highest BCUT2D eigenvalue weighted by Gasteiger charge is 2.20.